The number of carboxylic acid groups (broad SMARTS) is 1. The predicted molar refractivity (Wildman–Crippen MR) is 77.4 cm³/mol. The number of carbonyl (C=O) groups excluding carboxylic acids is 1. The van der Waals surface area contributed by atoms with Gasteiger partial charge in [-0.25, -0.2) is 9.59 Å². The van der Waals surface area contributed by atoms with Crippen molar-refractivity contribution in [3.05, 3.63) is 12.7 Å². The number of amides is 2. The van der Waals surface area contributed by atoms with Crippen LogP contribution in [0.1, 0.15) is 19.8 Å². The van der Waals surface area contributed by atoms with Crippen LogP contribution in [-0.4, -0.2) is 52.6 Å². The van der Waals surface area contributed by atoms with Crippen molar-refractivity contribution in [3.8, 4) is 0 Å². The van der Waals surface area contributed by atoms with E-state index in [-0.39, 0.29) is 6.03 Å². The second-order valence-electron chi connectivity index (χ2n) is 4.77. The number of urea groups is 1. The van der Waals surface area contributed by atoms with E-state index in [1.165, 1.54) is 4.90 Å². The van der Waals surface area contributed by atoms with Gasteiger partial charge < -0.3 is 15.3 Å². The van der Waals surface area contributed by atoms with E-state index in [4.69, 9.17) is 0 Å². The molecule has 0 aliphatic carbocycles. The number of piperidine rings is 1. The first-order valence-corrected chi connectivity index (χ1v) is 7.67. The zero-order valence-corrected chi connectivity index (χ0v) is 12.1. The molecule has 19 heavy (non-hydrogen) atoms. The summed E-state index contributed by atoms with van der Waals surface area (Å²) in [7, 11) is 0. The number of hydrogen-bond acceptors (Lipinski definition) is 3. The second kappa shape index (κ2) is 8.09. The Morgan fingerprint density at radius 1 is 1.58 bits per heavy atom. The molecule has 0 spiro atoms. The summed E-state index contributed by atoms with van der Waals surface area (Å²) in [6.45, 7) is 6.72. The molecule has 5 nitrogen and oxygen atoms in total. The molecule has 1 heterocycles. The van der Waals surface area contributed by atoms with Crippen LogP contribution in [0.25, 0.3) is 0 Å². The Labute approximate surface area is 118 Å². The number of aliphatic carboxylic acids is 1. The van der Waals surface area contributed by atoms with Gasteiger partial charge in [0.05, 0.1) is 0 Å². The van der Waals surface area contributed by atoms with E-state index < -0.39 is 12.0 Å². The lowest BCUT2D eigenvalue weighted by atomic mass is 9.93. The van der Waals surface area contributed by atoms with Crippen LogP contribution in [0.2, 0.25) is 0 Å². The van der Waals surface area contributed by atoms with Crippen LogP contribution in [0.3, 0.4) is 0 Å². The minimum Gasteiger partial charge on any atom is -0.480 e. The summed E-state index contributed by atoms with van der Waals surface area (Å²) < 4.78 is 0. The Morgan fingerprint density at radius 3 is 2.95 bits per heavy atom. The first kappa shape index (κ1) is 15.9. The quantitative estimate of drug-likeness (QED) is 0.577. The van der Waals surface area contributed by atoms with Crippen molar-refractivity contribution in [1.82, 2.24) is 10.2 Å². The van der Waals surface area contributed by atoms with E-state index in [2.05, 4.69) is 11.9 Å². The first-order chi connectivity index (χ1) is 9.06. The summed E-state index contributed by atoms with van der Waals surface area (Å²) in [5, 5.41) is 12.0. The lowest BCUT2D eigenvalue weighted by molar-refractivity contribution is -0.143. The molecule has 0 aromatic carbocycles. The molecule has 0 saturated carbocycles. The molecule has 2 atom stereocenters. The topological polar surface area (TPSA) is 69.6 Å². The van der Waals surface area contributed by atoms with E-state index in [0.29, 0.717) is 25.4 Å². The molecule has 2 amide bonds. The van der Waals surface area contributed by atoms with Crippen LogP contribution in [0.5, 0.6) is 0 Å². The Bertz CT molecular complexity index is 336. The van der Waals surface area contributed by atoms with Crippen molar-refractivity contribution in [1.29, 1.82) is 0 Å². The number of likely N-dealkylation sites (tertiary alicyclic amines) is 1. The number of carbonyl (C=O) groups is 2. The van der Waals surface area contributed by atoms with Gasteiger partial charge in [-0.2, -0.15) is 11.8 Å². The first-order valence-electron chi connectivity index (χ1n) is 6.52. The second-order valence-corrected chi connectivity index (χ2v) is 5.92. The summed E-state index contributed by atoms with van der Waals surface area (Å²) in [5.41, 5.74) is 0. The van der Waals surface area contributed by atoms with Gasteiger partial charge in [-0.1, -0.05) is 13.0 Å². The largest absolute Gasteiger partial charge is 0.480 e. The number of hydrogen-bond donors (Lipinski definition) is 2. The van der Waals surface area contributed by atoms with Gasteiger partial charge >= 0.3 is 12.0 Å². The third-order valence-electron chi connectivity index (χ3n) is 3.17. The van der Waals surface area contributed by atoms with Gasteiger partial charge in [0, 0.05) is 24.6 Å². The molecule has 0 aromatic rings. The predicted octanol–water partition coefficient (Wildman–Crippen LogP) is 1.80. The normalized spacial score (nSPS) is 22.9. The monoisotopic (exact) mass is 286 g/mol. The van der Waals surface area contributed by atoms with Crippen molar-refractivity contribution in [2.24, 2.45) is 5.92 Å². The molecule has 2 unspecified atom stereocenters. The van der Waals surface area contributed by atoms with Crippen molar-refractivity contribution >= 4 is 23.8 Å². The maximum Gasteiger partial charge on any atom is 0.326 e. The van der Waals surface area contributed by atoms with Gasteiger partial charge in [0.15, 0.2) is 0 Å². The Balaban J connectivity index is 2.40. The van der Waals surface area contributed by atoms with Crippen LogP contribution in [-0.2, 0) is 4.79 Å². The summed E-state index contributed by atoms with van der Waals surface area (Å²) in [6.07, 6.45) is 3.22. The molecular formula is C13H22N2O3S. The fraction of sp³-hybridized carbons (Fsp3) is 0.692. The molecule has 1 aliphatic rings. The van der Waals surface area contributed by atoms with Gasteiger partial charge in [0.1, 0.15) is 6.04 Å². The van der Waals surface area contributed by atoms with Gasteiger partial charge in [0.25, 0.3) is 0 Å². The Hall–Kier alpha value is -1.17. The number of rotatable bonds is 6. The third-order valence-corrected chi connectivity index (χ3v) is 4.13. The highest BCUT2D eigenvalue weighted by Crippen LogP contribution is 2.22. The number of thioether (sulfide) groups is 1. The van der Waals surface area contributed by atoms with E-state index in [0.717, 1.165) is 17.9 Å². The highest BCUT2D eigenvalue weighted by atomic mass is 32.2. The van der Waals surface area contributed by atoms with E-state index >= 15 is 0 Å². The fourth-order valence-electron chi connectivity index (χ4n) is 2.12. The van der Waals surface area contributed by atoms with Gasteiger partial charge in [0.2, 0.25) is 0 Å². The molecule has 0 aromatic heterocycles. The molecule has 108 valence electrons. The highest BCUT2D eigenvalue weighted by Gasteiger charge is 2.34. The summed E-state index contributed by atoms with van der Waals surface area (Å²) in [5.74, 6) is 1.10. The maximum atomic E-state index is 12.0. The Kier molecular flexibility index (Phi) is 6.77. The molecule has 6 heteroatoms. The molecular weight excluding hydrogens is 264 g/mol. The minimum absolute atomic E-state index is 0.265. The summed E-state index contributed by atoms with van der Waals surface area (Å²) in [4.78, 5) is 24.6. The zero-order valence-electron chi connectivity index (χ0n) is 11.3. The van der Waals surface area contributed by atoms with Crippen molar-refractivity contribution in [2.75, 3.05) is 24.6 Å². The smallest absolute Gasteiger partial charge is 0.326 e. The van der Waals surface area contributed by atoms with Crippen molar-refractivity contribution in [2.45, 2.75) is 25.8 Å². The minimum atomic E-state index is -0.914. The molecule has 0 bridgehead atoms. The van der Waals surface area contributed by atoms with Gasteiger partial charge in [-0.15, -0.1) is 6.58 Å². The third kappa shape index (κ3) is 5.14. The molecule has 2 N–H and O–H groups in total. The van der Waals surface area contributed by atoms with Crippen LogP contribution in [0.4, 0.5) is 4.79 Å². The average Bonchev–Trinajstić information content (AvgIpc) is 2.38. The number of nitrogens with zero attached hydrogens (tertiary/aromatic N) is 1. The lowest BCUT2D eigenvalue weighted by Crippen LogP contribution is -2.53. The molecule has 1 fully saturated rings. The van der Waals surface area contributed by atoms with Crippen LogP contribution >= 0.6 is 11.8 Å². The standard InChI is InChI=1S/C13H22N2O3S/c1-3-7-19-8-5-14-13(18)15-6-4-10(2)9-11(15)12(16)17/h3,10-11H,1,4-9H2,2H3,(H,14,18)(H,16,17). The summed E-state index contributed by atoms with van der Waals surface area (Å²) >= 11 is 1.68. The van der Waals surface area contributed by atoms with E-state index in [1.54, 1.807) is 11.8 Å². The molecule has 1 saturated heterocycles. The Morgan fingerprint density at radius 2 is 2.32 bits per heavy atom. The van der Waals surface area contributed by atoms with Crippen LogP contribution in [0, 0.1) is 5.92 Å². The SMILES string of the molecule is C=CCSCCNC(=O)N1CCC(C)CC1C(=O)O. The summed E-state index contributed by atoms with van der Waals surface area (Å²) in [6, 6.07) is -0.955. The highest BCUT2D eigenvalue weighted by molar-refractivity contribution is 7.99. The maximum absolute atomic E-state index is 12.0. The lowest BCUT2D eigenvalue weighted by Gasteiger charge is -2.35. The van der Waals surface area contributed by atoms with Gasteiger partial charge in [-0.3, -0.25) is 0 Å². The molecule has 1 rings (SSSR count). The number of nitrogens with one attached hydrogen (secondary N) is 1. The zero-order chi connectivity index (χ0) is 14.3. The van der Waals surface area contributed by atoms with Crippen molar-refractivity contribution < 1.29 is 14.7 Å². The molecule has 1 aliphatic heterocycles. The average molecular weight is 286 g/mol. The molecule has 0 radical (unpaired) electrons. The van der Waals surface area contributed by atoms with Gasteiger partial charge in [-0.05, 0) is 18.8 Å². The van der Waals surface area contributed by atoms with Crippen LogP contribution < -0.4 is 5.32 Å². The van der Waals surface area contributed by atoms with E-state index in [9.17, 15) is 14.7 Å². The van der Waals surface area contributed by atoms with Crippen molar-refractivity contribution in [3.63, 3.8) is 0 Å². The number of carboxylic acids is 1. The van der Waals surface area contributed by atoms with E-state index in [1.807, 2.05) is 13.0 Å². The van der Waals surface area contributed by atoms with Crippen LogP contribution in [0.15, 0.2) is 12.7 Å². The fourth-order valence-corrected chi connectivity index (χ4v) is 2.70.